The second-order valence-electron chi connectivity index (χ2n) is 6.95. The summed E-state index contributed by atoms with van der Waals surface area (Å²) in [6.07, 6.45) is -4.49. The largest absolute Gasteiger partial charge is 0.433 e. The van der Waals surface area contributed by atoms with E-state index in [-0.39, 0.29) is 11.6 Å². The molecular formula is C21H24F3N3. The van der Waals surface area contributed by atoms with E-state index in [1.807, 2.05) is 46.8 Å². The molecule has 144 valence electrons. The fourth-order valence-electron chi connectivity index (χ4n) is 2.65. The Morgan fingerprint density at radius 3 is 2.41 bits per heavy atom. The summed E-state index contributed by atoms with van der Waals surface area (Å²) in [5.41, 5.74) is 4.12. The topological polar surface area (TPSA) is 37.3 Å². The zero-order valence-corrected chi connectivity index (χ0v) is 16.2. The third-order valence-electron chi connectivity index (χ3n) is 3.97. The molecule has 0 unspecified atom stereocenters. The van der Waals surface area contributed by atoms with Crippen LogP contribution in [0.4, 0.5) is 24.5 Å². The lowest BCUT2D eigenvalue weighted by molar-refractivity contribution is -0.141. The average molecular weight is 375 g/mol. The maximum Gasteiger partial charge on any atom is 0.433 e. The highest BCUT2D eigenvalue weighted by Crippen LogP contribution is 2.34. The monoisotopic (exact) mass is 375 g/mol. The van der Waals surface area contributed by atoms with Gasteiger partial charge in [0.15, 0.2) is 0 Å². The lowest BCUT2D eigenvalue weighted by atomic mass is 9.97. The maximum atomic E-state index is 12.9. The number of halogens is 3. The average Bonchev–Trinajstić information content (AvgIpc) is 2.55. The van der Waals surface area contributed by atoms with Crippen molar-refractivity contribution in [1.29, 1.82) is 0 Å². The van der Waals surface area contributed by atoms with Crippen LogP contribution in [-0.2, 0) is 6.18 Å². The van der Waals surface area contributed by atoms with Gasteiger partial charge in [-0.3, -0.25) is 4.99 Å². The molecule has 27 heavy (non-hydrogen) atoms. The van der Waals surface area contributed by atoms with Gasteiger partial charge in [-0.15, -0.1) is 0 Å². The van der Waals surface area contributed by atoms with Gasteiger partial charge in [-0.2, -0.15) is 13.2 Å². The maximum absolute atomic E-state index is 12.9. The molecule has 2 rings (SSSR count). The normalized spacial score (nSPS) is 11.4. The Bertz CT molecular complexity index is 877. The first kappa shape index (κ1) is 20.7. The zero-order chi connectivity index (χ0) is 20.4. The molecule has 0 aliphatic rings. The van der Waals surface area contributed by atoms with Crippen molar-refractivity contribution in [1.82, 2.24) is 4.98 Å². The molecule has 0 amide bonds. The molecule has 0 spiro atoms. The van der Waals surface area contributed by atoms with Crippen LogP contribution in [0.15, 0.2) is 41.9 Å². The van der Waals surface area contributed by atoms with Crippen molar-refractivity contribution in [3.8, 4) is 0 Å². The molecule has 0 saturated heterocycles. The van der Waals surface area contributed by atoms with Crippen LogP contribution in [0.2, 0.25) is 0 Å². The van der Waals surface area contributed by atoms with Crippen molar-refractivity contribution in [3.05, 3.63) is 59.4 Å². The van der Waals surface area contributed by atoms with Gasteiger partial charge in [-0.1, -0.05) is 26.5 Å². The molecule has 0 aliphatic carbocycles. The van der Waals surface area contributed by atoms with Crippen LogP contribution < -0.4 is 5.32 Å². The van der Waals surface area contributed by atoms with E-state index in [4.69, 9.17) is 0 Å². The van der Waals surface area contributed by atoms with Gasteiger partial charge in [0.2, 0.25) is 0 Å². The Hall–Kier alpha value is -2.63. The summed E-state index contributed by atoms with van der Waals surface area (Å²) in [4.78, 5) is 8.23. The number of aliphatic imine (C=N–C) groups is 1. The highest BCUT2D eigenvalue weighted by atomic mass is 19.4. The Kier molecular flexibility index (Phi) is 6.08. The van der Waals surface area contributed by atoms with Gasteiger partial charge in [0.05, 0.1) is 17.1 Å². The fraction of sp³-hybridized carbons (Fsp3) is 0.333. The van der Waals surface area contributed by atoms with Gasteiger partial charge in [0.1, 0.15) is 5.69 Å². The van der Waals surface area contributed by atoms with Gasteiger partial charge in [-0.25, -0.2) is 4.98 Å². The van der Waals surface area contributed by atoms with E-state index < -0.39 is 11.9 Å². The molecule has 1 aromatic heterocycles. The lowest BCUT2D eigenvalue weighted by Crippen LogP contribution is -2.10. The van der Waals surface area contributed by atoms with E-state index >= 15 is 0 Å². The molecule has 0 fully saturated rings. The number of nitrogens with one attached hydrogen (secondary N) is 1. The molecule has 1 aromatic carbocycles. The predicted octanol–water partition coefficient (Wildman–Crippen LogP) is 6.73. The molecule has 0 saturated carbocycles. The van der Waals surface area contributed by atoms with E-state index in [2.05, 4.69) is 21.9 Å². The molecule has 2 aromatic rings. The number of aryl methyl sites for hydroxylation is 1. The zero-order valence-electron chi connectivity index (χ0n) is 16.2. The Morgan fingerprint density at radius 1 is 1.19 bits per heavy atom. The second-order valence-corrected chi connectivity index (χ2v) is 6.95. The highest BCUT2D eigenvalue weighted by Gasteiger charge is 2.32. The number of hydrogen-bond acceptors (Lipinski definition) is 3. The van der Waals surface area contributed by atoms with E-state index in [9.17, 15) is 13.2 Å². The molecule has 0 bridgehead atoms. The van der Waals surface area contributed by atoms with Crippen LogP contribution in [-0.4, -0.2) is 10.7 Å². The number of anilines is 1. The second kappa shape index (κ2) is 7.94. The number of pyridine rings is 1. The SMILES string of the molecule is C=C(Nc1cc(C)c(N=C(C)C)cc1C(C)C)c1cccc(C(F)(F)F)n1. The van der Waals surface area contributed by atoms with Gasteiger partial charge in [0.25, 0.3) is 0 Å². The first-order valence-corrected chi connectivity index (χ1v) is 8.66. The van der Waals surface area contributed by atoms with Crippen molar-refractivity contribution in [2.24, 2.45) is 4.99 Å². The van der Waals surface area contributed by atoms with Gasteiger partial charge >= 0.3 is 6.18 Å². The van der Waals surface area contributed by atoms with Crippen LogP contribution >= 0.6 is 0 Å². The summed E-state index contributed by atoms with van der Waals surface area (Å²) in [6.45, 7) is 13.8. The third-order valence-corrected chi connectivity index (χ3v) is 3.97. The van der Waals surface area contributed by atoms with E-state index in [0.29, 0.717) is 5.70 Å². The number of aromatic nitrogens is 1. The van der Waals surface area contributed by atoms with Gasteiger partial charge < -0.3 is 5.32 Å². The fourth-order valence-corrected chi connectivity index (χ4v) is 2.65. The van der Waals surface area contributed by atoms with Crippen LogP contribution in [0.5, 0.6) is 0 Å². The molecule has 0 atom stereocenters. The summed E-state index contributed by atoms with van der Waals surface area (Å²) >= 11 is 0. The van der Waals surface area contributed by atoms with Crippen molar-refractivity contribution in [2.45, 2.75) is 46.7 Å². The number of nitrogens with zero attached hydrogens (tertiary/aromatic N) is 2. The van der Waals surface area contributed by atoms with Gasteiger partial charge in [0, 0.05) is 11.4 Å². The predicted molar refractivity (Wildman–Crippen MR) is 106 cm³/mol. The molecule has 0 aliphatic heterocycles. The number of hydrogen-bond donors (Lipinski definition) is 1. The Labute approximate surface area is 158 Å². The molecule has 6 heteroatoms. The van der Waals surface area contributed by atoms with Gasteiger partial charge in [-0.05, 0) is 62.1 Å². The summed E-state index contributed by atoms with van der Waals surface area (Å²) in [5.74, 6) is 0.196. The molecule has 1 N–H and O–H groups in total. The van der Waals surface area contributed by atoms with Crippen molar-refractivity contribution < 1.29 is 13.2 Å². The summed E-state index contributed by atoms with van der Waals surface area (Å²) in [5, 5.41) is 3.14. The van der Waals surface area contributed by atoms with Crippen molar-refractivity contribution in [2.75, 3.05) is 5.32 Å². The lowest BCUT2D eigenvalue weighted by Gasteiger charge is -2.19. The number of alkyl halides is 3. The molecule has 1 heterocycles. The van der Waals surface area contributed by atoms with Crippen molar-refractivity contribution >= 4 is 22.8 Å². The highest BCUT2D eigenvalue weighted by molar-refractivity contribution is 5.84. The van der Waals surface area contributed by atoms with Crippen molar-refractivity contribution in [3.63, 3.8) is 0 Å². The van der Waals surface area contributed by atoms with E-state index in [0.717, 1.165) is 34.3 Å². The molecule has 0 radical (unpaired) electrons. The molecular weight excluding hydrogens is 351 g/mol. The molecule has 3 nitrogen and oxygen atoms in total. The van der Waals surface area contributed by atoms with Crippen LogP contribution in [0, 0.1) is 6.92 Å². The smallest absolute Gasteiger partial charge is 0.354 e. The summed E-state index contributed by atoms with van der Waals surface area (Å²) < 4.78 is 38.7. The summed E-state index contributed by atoms with van der Waals surface area (Å²) in [7, 11) is 0. The Morgan fingerprint density at radius 2 is 1.85 bits per heavy atom. The van der Waals surface area contributed by atoms with E-state index in [1.54, 1.807) is 0 Å². The standard InChI is InChI=1S/C21H24F3N3/c1-12(2)16-11-18(25-13(3)4)14(5)10-19(16)26-15(6)17-8-7-9-20(27-17)21(22,23)24/h7-12,26H,6H2,1-5H3. The summed E-state index contributed by atoms with van der Waals surface area (Å²) in [6, 6.07) is 7.72. The first-order valence-electron chi connectivity index (χ1n) is 8.66. The van der Waals surface area contributed by atoms with Crippen LogP contribution in [0.1, 0.15) is 56.1 Å². The first-order chi connectivity index (χ1) is 12.5. The van der Waals surface area contributed by atoms with E-state index in [1.165, 1.54) is 12.1 Å². The minimum Gasteiger partial charge on any atom is -0.354 e. The number of benzene rings is 1. The minimum atomic E-state index is -4.49. The minimum absolute atomic E-state index is 0.156. The third kappa shape index (κ3) is 5.18. The van der Waals surface area contributed by atoms with Crippen LogP contribution in [0.25, 0.3) is 5.70 Å². The quantitative estimate of drug-likeness (QED) is 0.589. The number of rotatable bonds is 5. The van der Waals surface area contributed by atoms with Crippen LogP contribution in [0.3, 0.4) is 0 Å². The Balaban J connectivity index is 2.40.